The molecule has 2 aliphatic rings. The lowest BCUT2D eigenvalue weighted by Gasteiger charge is -2.30. The molecule has 2 fully saturated rings. The van der Waals surface area contributed by atoms with Crippen LogP contribution in [0, 0.1) is 17.5 Å². The lowest BCUT2D eigenvalue weighted by molar-refractivity contribution is 0.374. The summed E-state index contributed by atoms with van der Waals surface area (Å²) in [4.78, 5) is 0. The summed E-state index contributed by atoms with van der Waals surface area (Å²) in [7, 11) is 0. The fraction of sp³-hybridized carbons (Fsp3) is 0.379. The average molecular weight is 451 g/mol. The second-order valence-corrected chi connectivity index (χ2v) is 9.43. The van der Waals surface area contributed by atoms with Gasteiger partial charge in [0, 0.05) is 5.56 Å². The Labute approximate surface area is 193 Å². The molecule has 0 bridgehead atoms. The van der Waals surface area contributed by atoms with Gasteiger partial charge >= 0.3 is 0 Å². The second-order valence-electron chi connectivity index (χ2n) is 9.43. The van der Waals surface area contributed by atoms with Gasteiger partial charge in [0.1, 0.15) is 11.9 Å². The van der Waals surface area contributed by atoms with Crippen molar-refractivity contribution in [2.24, 2.45) is 0 Å². The zero-order chi connectivity index (χ0) is 22.9. The van der Waals surface area contributed by atoms with E-state index in [1.807, 2.05) is 36.4 Å². The molecule has 33 heavy (non-hydrogen) atoms. The molecule has 1 aliphatic heterocycles. The maximum atomic E-state index is 15.1. The molecule has 5 rings (SSSR count). The molecule has 172 valence electrons. The summed E-state index contributed by atoms with van der Waals surface area (Å²) >= 11 is 0. The van der Waals surface area contributed by atoms with Crippen LogP contribution >= 0.6 is 0 Å². The maximum Gasteiger partial charge on any atom is 0.166 e. The molecule has 4 heteroatoms. The van der Waals surface area contributed by atoms with Crippen LogP contribution in [0.5, 0.6) is 0 Å². The number of hydrogen-bond acceptors (Lipinski definition) is 1. The molecular formula is C29H29F3O. The lowest BCUT2D eigenvalue weighted by atomic mass is 9.75. The highest BCUT2D eigenvalue weighted by Gasteiger charge is 2.30. The molecule has 1 saturated carbocycles. The summed E-state index contributed by atoms with van der Waals surface area (Å²) in [5, 5.41) is 0. The van der Waals surface area contributed by atoms with Crippen LogP contribution in [0.3, 0.4) is 0 Å². The molecule has 1 atom stereocenters. The molecule has 3 aromatic rings. The number of epoxide rings is 1. The van der Waals surface area contributed by atoms with E-state index < -0.39 is 11.6 Å². The van der Waals surface area contributed by atoms with Crippen LogP contribution in [-0.4, -0.2) is 6.61 Å². The quantitative estimate of drug-likeness (QED) is 0.345. The minimum atomic E-state index is -0.776. The Morgan fingerprint density at radius 3 is 2.03 bits per heavy atom. The summed E-state index contributed by atoms with van der Waals surface area (Å²) in [6.45, 7) is 2.78. The van der Waals surface area contributed by atoms with Crippen LogP contribution in [0.2, 0.25) is 0 Å². The van der Waals surface area contributed by atoms with Gasteiger partial charge in [0.25, 0.3) is 0 Å². The van der Waals surface area contributed by atoms with E-state index >= 15 is 8.78 Å². The average Bonchev–Trinajstić information content (AvgIpc) is 3.68. The van der Waals surface area contributed by atoms with Crippen LogP contribution in [0.1, 0.15) is 79.2 Å². The predicted molar refractivity (Wildman–Crippen MR) is 125 cm³/mol. The summed E-state index contributed by atoms with van der Waals surface area (Å²) < 4.78 is 50.0. The summed E-state index contributed by atoms with van der Waals surface area (Å²) in [5.41, 5.74) is 4.25. The molecule has 0 radical (unpaired) electrons. The molecule has 1 nitrogen and oxygen atoms in total. The first-order valence-electron chi connectivity index (χ1n) is 12.0. The van der Waals surface area contributed by atoms with Crippen molar-refractivity contribution >= 4 is 0 Å². The van der Waals surface area contributed by atoms with Gasteiger partial charge in [-0.3, -0.25) is 0 Å². The molecule has 0 aromatic heterocycles. The van der Waals surface area contributed by atoms with Crippen molar-refractivity contribution < 1.29 is 17.9 Å². The van der Waals surface area contributed by atoms with E-state index in [1.165, 1.54) is 5.56 Å². The van der Waals surface area contributed by atoms with Gasteiger partial charge in [-0.05, 0) is 77.8 Å². The number of aryl methyl sites for hydroxylation is 1. The molecule has 1 heterocycles. The zero-order valence-electron chi connectivity index (χ0n) is 18.9. The molecule has 1 saturated heterocycles. The molecule has 1 aliphatic carbocycles. The Morgan fingerprint density at radius 2 is 1.42 bits per heavy atom. The highest BCUT2D eigenvalue weighted by atomic mass is 19.2. The van der Waals surface area contributed by atoms with E-state index in [0.29, 0.717) is 23.3 Å². The van der Waals surface area contributed by atoms with Crippen molar-refractivity contribution in [3.63, 3.8) is 0 Å². The van der Waals surface area contributed by atoms with Gasteiger partial charge in [-0.15, -0.1) is 0 Å². The van der Waals surface area contributed by atoms with Crippen LogP contribution < -0.4 is 0 Å². The lowest BCUT2D eigenvalue weighted by Crippen LogP contribution is -2.15. The fourth-order valence-corrected chi connectivity index (χ4v) is 5.27. The normalized spacial score (nSPS) is 22.4. The fourth-order valence-electron chi connectivity index (χ4n) is 5.27. The van der Waals surface area contributed by atoms with Gasteiger partial charge in [-0.1, -0.05) is 61.9 Å². The molecule has 0 N–H and O–H groups in total. The number of ether oxygens (including phenoxy) is 1. The van der Waals surface area contributed by atoms with Crippen LogP contribution in [0.15, 0.2) is 54.6 Å². The van der Waals surface area contributed by atoms with Gasteiger partial charge in [0.2, 0.25) is 0 Å². The Kier molecular flexibility index (Phi) is 6.29. The topological polar surface area (TPSA) is 12.5 Å². The van der Waals surface area contributed by atoms with Gasteiger partial charge in [-0.2, -0.15) is 0 Å². The van der Waals surface area contributed by atoms with Crippen LogP contribution in [0.4, 0.5) is 13.2 Å². The number of benzene rings is 3. The van der Waals surface area contributed by atoms with E-state index in [9.17, 15) is 4.39 Å². The molecule has 3 aromatic carbocycles. The largest absolute Gasteiger partial charge is 0.368 e. The van der Waals surface area contributed by atoms with Gasteiger partial charge in [0.05, 0.1) is 6.61 Å². The smallest absolute Gasteiger partial charge is 0.166 e. The monoisotopic (exact) mass is 450 g/mol. The van der Waals surface area contributed by atoms with Crippen molar-refractivity contribution in [2.75, 3.05) is 6.61 Å². The predicted octanol–water partition coefficient (Wildman–Crippen LogP) is 8.24. The molecule has 0 spiro atoms. The summed E-state index contributed by atoms with van der Waals surface area (Å²) in [6.07, 6.45) is 5.04. The third-order valence-corrected chi connectivity index (χ3v) is 7.25. The van der Waals surface area contributed by atoms with E-state index in [-0.39, 0.29) is 23.8 Å². The second kappa shape index (κ2) is 9.34. The third kappa shape index (κ3) is 4.59. The minimum Gasteiger partial charge on any atom is -0.368 e. The molecule has 0 amide bonds. The zero-order valence-corrected chi connectivity index (χ0v) is 18.9. The van der Waals surface area contributed by atoms with Gasteiger partial charge in [-0.25, -0.2) is 13.2 Å². The minimum absolute atomic E-state index is 0.0411. The SMILES string of the molecule is CCCc1ccc(-c2ccc(C3CCC(c4ccc(C5CO5)cc4F)CC3)c(F)c2F)cc1. The van der Waals surface area contributed by atoms with E-state index in [2.05, 4.69) is 6.92 Å². The van der Waals surface area contributed by atoms with E-state index in [1.54, 1.807) is 18.2 Å². The highest BCUT2D eigenvalue weighted by Crippen LogP contribution is 2.43. The number of halogens is 3. The molecule has 1 unspecified atom stereocenters. The maximum absolute atomic E-state index is 15.1. The van der Waals surface area contributed by atoms with Crippen molar-refractivity contribution in [1.29, 1.82) is 0 Å². The van der Waals surface area contributed by atoms with Crippen molar-refractivity contribution in [3.8, 4) is 11.1 Å². The van der Waals surface area contributed by atoms with Crippen molar-refractivity contribution in [2.45, 2.75) is 63.4 Å². The van der Waals surface area contributed by atoms with Crippen LogP contribution in [-0.2, 0) is 11.2 Å². The number of hydrogen-bond donors (Lipinski definition) is 0. The van der Waals surface area contributed by atoms with Crippen molar-refractivity contribution in [1.82, 2.24) is 0 Å². The highest BCUT2D eigenvalue weighted by molar-refractivity contribution is 5.65. The van der Waals surface area contributed by atoms with E-state index in [0.717, 1.165) is 49.7 Å². The number of rotatable bonds is 6. The van der Waals surface area contributed by atoms with Gasteiger partial charge in [0.15, 0.2) is 11.6 Å². The van der Waals surface area contributed by atoms with Crippen molar-refractivity contribution in [3.05, 3.63) is 94.3 Å². The standard InChI is InChI=1S/C29H29F3O/c1-2-3-18-4-6-20(7-5-18)24-14-15-25(29(32)28(24)31)21-10-8-19(9-11-21)23-13-12-22(16-26(23)30)27-17-33-27/h4-7,12-16,19,21,27H,2-3,8-11,17H2,1H3. The van der Waals surface area contributed by atoms with Crippen LogP contribution in [0.25, 0.3) is 11.1 Å². The summed E-state index contributed by atoms with van der Waals surface area (Å²) in [6, 6.07) is 16.5. The Bertz CT molecular complexity index is 1130. The first-order valence-corrected chi connectivity index (χ1v) is 12.0. The van der Waals surface area contributed by atoms with E-state index in [4.69, 9.17) is 4.74 Å². The Hall–Kier alpha value is -2.59. The van der Waals surface area contributed by atoms with Gasteiger partial charge < -0.3 is 4.74 Å². The Morgan fingerprint density at radius 1 is 0.788 bits per heavy atom. The third-order valence-electron chi connectivity index (χ3n) is 7.25. The first kappa shape index (κ1) is 22.2. The molecular weight excluding hydrogens is 421 g/mol. The summed E-state index contributed by atoms with van der Waals surface area (Å²) in [5.74, 6) is -1.63. The Balaban J connectivity index is 1.29. The first-order chi connectivity index (χ1) is 16.0.